The molecule has 18 heavy (non-hydrogen) atoms. The second-order valence-electron chi connectivity index (χ2n) is 3.93. The summed E-state index contributed by atoms with van der Waals surface area (Å²) in [6, 6.07) is 9.37. The number of rotatable bonds is 3. The molecule has 0 saturated carbocycles. The fourth-order valence-electron chi connectivity index (χ4n) is 1.69. The molecule has 0 aliphatic carbocycles. The quantitative estimate of drug-likeness (QED) is 0.774. The number of esters is 1. The van der Waals surface area contributed by atoms with Crippen molar-refractivity contribution in [2.75, 3.05) is 7.11 Å². The molecule has 0 aromatic carbocycles. The predicted octanol–water partition coefficient (Wildman–Crippen LogP) is 2.16. The van der Waals surface area contributed by atoms with Crippen molar-refractivity contribution in [3.05, 3.63) is 59.2 Å². The highest BCUT2D eigenvalue weighted by Gasteiger charge is 2.09. The number of pyridine rings is 2. The second kappa shape index (κ2) is 5.40. The number of carbonyl (C=O) groups is 1. The van der Waals surface area contributed by atoms with Crippen LogP contribution in [0.3, 0.4) is 0 Å². The fourth-order valence-corrected chi connectivity index (χ4v) is 1.69. The molecule has 0 saturated heterocycles. The Bertz CT molecular complexity index is 553. The first-order valence-electron chi connectivity index (χ1n) is 5.65. The second-order valence-corrected chi connectivity index (χ2v) is 3.93. The van der Waals surface area contributed by atoms with Gasteiger partial charge >= 0.3 is 5.97 Å². The third-order valence-electron chi connectivity index (χ3n) is 2.69. The van der Waals surface area contributed by atoms with E-state index < -0.39 is 5.97 Å². The van der Waals surface area contributed by atoms with Gasteiger partial charge in [0.2, 0.25) is 0 Å². The molecule has 0 amide bonds. The van der Waals surface area contributed by atoms with Crippen LogP contribution in [-0.4, -0.2) is 23.0 Å². The van der Waals surface area contributed by atoms with Gasteiger partial charge in [0, 0.05) is 24.0 Å². The van der Waals surface area contributed by atoms with Gasteiger partial charge in [-0.05, 0) is 30.7 Å². The van der Waals surface area contributed by atoms with Gasteiger partial charge in [0.25, 0.3) is 0 Å². The van der Waals surface area contributed by atoms with Crippen LogP contribution in [0.4, 0.5) is 0 Å². The molecule has 0 unspecified atom stereocenters. The zero-order valence-electron chi connectivity index (χ0n) is 10.4. The van der Waals surface area contributed by atoms with Gasteiger partial charge < -0.3 is 4.74 Å². The number of carbonyl (C=O) groups excluding carboxylic acids is 1. The van der Waals surface area contributed by atoms with Crippen molar-refractivity contribution in [2.45, 2.75) is 13.3 Å². The number of nitrogens with zero attached hydrogens (tertiary/aromatic N) is 2. The lowest BCUT2D eigenvalue weighted by molar-refractivity contribution is 0.0594. The summed E-state index contributed by atoms with van der Waals surface area (Å²) in [5, 5.41) is 0. The van der Waals surface area contributed by atoms with E-state index in [9.17, 15) is 4.79 Å². The third kappa shape index (κ3) is 2.71. The monoisotopic (exact) mass is 242 g/mol. The molecular weight excluding hydrogens is 228 g/mol. The lowest BCUT2D eigenvalue weighted by Gasteiger charge is -2.06. The van der Waals surface area contributed by atoms with Gasteiger partial charge in [-0.15, -0.1) is 0 Å². The average molecular weight is 242 g/mol. The first kappa shape index (κ1) is 12.2. The summed E-state index contributed by atoms with van der Waals surface area (Å²) in [5.74, 6) is -0.414. The van der Waals surface area contributed by atoms with Gasteiger partial charge in [0.15, 0.2) is 0 Å². The molecule has 2 heterocycles. The summed E-state index contributed by atoms with van der Waals surface area (Å²) in [6.07, 6.45) is 2.47. The largest absolute Gasteiger partial charge is 0.464 e. The van der Waals surface area contributed by atoms with E-state index in [2.05, 4.69) is 14.7 Å². The summed E-state index contributed by atoms with van der Waals surface area (Å²) < 4.78 is 4.64. The normalized spacial score (nSPS) is 10.1. The van der Waals surface area contributed by atoms with Gasteiger partial charge in [0.1, 0.15) is 5.69 Å². The Hall–Kier alpha value is -2.23. The summed E-state index contributed by atoms with van der Waals surface area (Å²) in [6.45, 7) is 1.88. The van der Waals surface area contributed by atoms with Crippen molar-refractivity contribution in [2.24, 2.45) is 0 Å². The van der Waals surface area contributed by atoms with Gasteiger partial charge in [0.05, 0.1) is 7.11 Å². The van der Waals surface area contributed by atoms with E-state index >= 15 is 0 Å². The Labute approximate surface area is 106 Å². The van der Waals surface area contributed by atoms with Crippen molar-refractivity contribution < 1.29 is 9.53 Å². The molecule has 0 atom stereocenters. The lowest BCUT2D eigenvalue weighted by atomic mass is 10.1. The Morgan fingerprint density at radius 2 is 2.11 bits per heavy atom. The number of aryl methyl sites for hydroxylation is 1. The summed E-state index contributed by atoms with van der Waals surface area (Å²) in [4.78, 5) is 19.8. The first-order valence-corrected chi connectivity index (χ1v) is 5.65. The number of methoxy groups -OCH3 is 1. The van der Waals surface area contributed by atoms with E-state index in [-0.39, 0.29) is 0 Å². The van der Waals surface area contributed by atoms with E-state index in [1.165, 1.54) is 7.11 Å². The molecule has 0 spiro atoms. The highest BCUT2D eigenvalue weighted by molar-refractivity contribution is 5.87. The van der Waals surface area contributed by atoms with Gasteiger partial charge in [-0.1, -0.05) is 12.1 Å². The molecule has 2 rings (SSSR count). The molecule has 4 nitrogen and oxygen atoms in total. The van der Waals surface area contributed by atoms with Crippen LogP contribution in [0.5, 0.6) is 0 Å². The van der Waals surface area contributed by atoms with Crippen molar-refractivity contribution in [3.63, 3.8) is 0 Å². The molecule has 0 radical (unpaired) electrons. The smallest absolute Gasteiger partial charge is 0.356 e. The van der Waals surface area contributed by atoms with Crippen LogP contribution in [-0.2, 0) is 11.2 Å². The number of ether oxygens (including phenoxy) is 1. The SMILES string of the molecule is COC(=O)c1ccc(Cc2ccccn2)c(C)n1. The summed E-state index contributed by atoms with van der Waals surface area (Å²) >= 11 is 0. The molecule has 0 N–H and O–H groups in total. The minimum atomic E-state index is -0.414. The van der Waals surface area contributed by atoms with Crippen molar-refractivity contribution in [1.29, 1.82) is 0 Å². The maximum atomic E-state index is 11.3. The Morgan fingerprint density at radius 3 is 2.72 bits per heavy atom. The van der Waals surface area contributed by atoms with Gasteiger partial charge in [-0.3, -0.25) is 4.98 Å². The van der Waals surface area contributed by atoms with Crippen molar-refractivity contribution in [1.82, 2.24) is 9.97 Å². The van der Waals surface area contributed by atoms with Crippen LogP contribution in [0.2, 0.25) is 0 Å². The van der Waals surface area contributed by atoms with E-state index in [1.807, 2.05) is 31.2 Å². The maximum absolute atomic E-state index is 11.3. The molecule has 0 aliphatic heterocycles. The minimum absolute atomic E-state index is 0.333. The van der Waals surface area contributed by atoms with Crippen LogP contribution in [0, 0.1) is 6.92 Å². The zero-order chi connectivity index (χ0) is 13.0. The van der Waals surface area contributed by atoms with E-state index in [1.54, 1.807) is 12.3 Å². The molecule has 0 fully saturated rings. The number of hydrogen-bond acceptors (Lipinski definition) is 4. The van der Waals surface area contributed by atoms with Crippen LogP contribution >= 0.6 is 0 Å². The molecule has 4 heteroatoms. The third-order valence-corrected chi connectivity index (χ3v) is 2.69. The van der Waals surface area contributed by atoms with Crippen LogP contribution in [0.25, 0.3) is 0 Å². The van der Waals surface area contributed by atoms with Crippen molar-refractivity contribution >= 4 is 5.97 Å². The maximum Gasteiger partial charge on any atom is 0.356 e. The standard InChI is InChI=1S/C14H14N2O2/c1-10-11(9-12-5-3-4-8-15-12)6-7-13(16-10)14(17)18-2/h3-8H,9H2,1-2H3. The molecular formula is C14H14N2O2. The summed E-state index contributed by atoms with van der Waals surface area (Å²) in [7, 11) is 1.35. The first-order chi connectivity index (χ1) is 8.70. The highest BCUT2D eigenvalue weighted by atomic mass is 16.5. The molecule has 2 aromatic heterocycles. The Balaban J connectivity index is 2.23. The van der Waals surface area contributed by atoms with Gasteiger partial charge in [-0.2, -0.15) is 0 Å². The zero-order valence-corrected chi connectivity index (χ0v) is 10.4. The number of hydrogen-bond donors (Lipinski definition) is 0. The van der Waals surface area contributed by atoms with E-state index in [0.29, 0.717) is 12.1 Å². The van der Waals surface area contributed by atoms with Gasteiger partial charge in [-0.25, -0.2) is 9.78 Å². The van der Waals surface area contributed by atoms with Crippen molar-refractivity contribution in [3.8, 4) is 0 Å². The lowest BCUT2D eigenvalue weighted by Crippen LogP contribution is -2.07. The minimum Gasteiger partial charge on any atom is -0.464 e. The molecule has 2 aromatic rings. The topological polar surface area (TPSA) is 52.1 Å². The van der Waals surface area contributed by atoms with Crippen LogP contribution < -0.4 is 0 Å². The predicted molar refractivity (Wildman–Crippen MR) is 67.4 cm³/mol. The Kier molecular flexibility index (Phi) is 3.67. The summed E-state index contributed by atoms with van der Waals surface area (Å²) in [5.41, 5.74) is 3.19. The highest BCUT2D eigenvalue weighted by Crippen LogP contribution is 2.12. The van der Waals surface area contributed by atoms with E-state index in [0.717, 1.165) is 17.0 Å². The molecule has 0 aliphatic rings. The van der Waals surface area contributed by atoms with Crippen LogP contribution in [0.1, 0.15) is 27.4 Å². The van der Waals surface area contributed by atoms with E-state index in [4.69, 9.17) is 0 Å². The van der Waals surface area contributed by atoms with Crippen LogP contribution in [0.15, 0.2) is 36.5 Å². The fraction of sp³-hybridized carbons (Fsp3) is 0.214. The number of aromatic nitrogens is 2. The molecule has 0 bridgehead atoms. The Morgan fingerprint density at radius 1 is 1.28 bits per heavy atom. The average Bonchev–Trinajstić information content (AvgIpc) is 2.41. The molecule has 92 valence electrons.